The SMILES string of the molecule is O=C([C@H]1CC1(F)F)N1OCC[C@H]1c1ccc(F)cc1. The van der Waals surface area contributed by atoms with Crippen LogP contribution in [-0.4, -0.2) is 23.5 Å². The summed E-state index contributed by atoms with van der Waals surface area (Å²) in [5.41, 5.74) is 0.691. The first-order valence-corrected chi connectivity index (χ1v) is 6.08. The van der Waals surface area contributed by atoms with Gasteiger partial charge < -0.3 is 0 Å². The highest BCUT2D eigenvalue weighted by Gasteiger charge is 2.63. The standard InChI is InChI=1S/C13H12F3NO2/c14-9-3-1-8(2-4-9)11-5-6-19-17(11)12(18)10-7-13(10,15)16/h1-4,10-11H,5-7H2/t10-,11+/m1/s1. The summed E-state index contributed by atoms with van der Waals surface area (Å²) in [5.74, 6) is -5.24. The first-order valence-electron chi connectivity index (χ1n) is 6.08. The molecule has 0 radical (unpaired) electrons. The number of nitrogens with zero attached hydrogens (tertiary/aromatic N) is 1. The number of amides is 1. The number of halogens is 3. The second kappa shape index (κ2) is 4.23. The largest absolute Gasteiger partial charge is 0.272 e. The third-order valence-electron chi connectivity index (χ3n) is 3.50. The van der Waals surface area contributed by atoms with Crippen molar-refractivity contribution in [3.63, 3.8) is 0 Å². The number of hydrogen-bond acceptors (Lipinski definition) is 2. The quantitative estimate of drug-likeness (QED) is 0.827. The van der Waals surface area contributed by atoms with Crippen LogP contribution in [0.2, 0.25) is 0 Å². The van der Waals surface area contributed by atoms with Crippen LogP contribution in [0.5, 0.6) is 0 Å². The van der Waals surface area contributed by atoms with Crippen molar-refractivity contribution >= 4 is 5.91 Å². The van der Waals surface area contributed by atoms with E-state index in [2.05, 4.69) is 0 Å². The van der Waals surface area contributed by atoms with Gasteiger partial charge in [-0.2, -0.15) is 0 Å². The van der Waals surface area contributed by atoms with Gasteiger partial charge in [0, 0.05) is 12.8 Å². The maximum atomic E-state index is 12.9. The molecule has 1 saturated heterocycles. The Labute approximate surface area is 107 Å². The van der Waals surface area contributed by atoms with Gasteiger partial charge in [0.1, 0.15) is 11.7 Å². The lowest BCUT2D eigenvalue weighted by molar-refractivity contribution is -0.180. The molecule has 0 spiro atoms. The van der Waals surface area contributed by atoms with Gasteiger partial charge in [-0.15, -0.1) is 0 Å². The topological polar surface area (TPSA) is 29.5 Å². The average molecular weight is 271 g/mol. The summed E-state index contributed by atoms with van der Waals surface area (Å²) in [6, 6.07) is 5.23. The molecule has 2 aliphatic rings. The Morgan fingerprint density at radius 3 is 2.53 bits per heavy atom. The molecular weight excluding hydrogens is 259 g/mol. The molecule has 0 N–H and O–H groups in total. The molecule has 1 aliphatic heterocycles. The molecule has 2 fully saturated rings. The molecule has 3 rings (SSSR count). The van der Waals surface area contributed by atoms with Crippen molar-refractivity contribution in [1.82, 2.24) is 5.06 Å². The van der Waals surface area contributed by atoms with Crippen molar-refractivity contribution in [2.24, 2.45) is 5.92 Å². The van der Waals surface area contributed by atoms with Gasteiger partial charge >= 0.3 is 0 Å². The Hall–Kier alpha value is -1.56. The van der Waals surface area contributed by atoms with Crippen LogP contribution in [0, 0.1) is 11.7 Å². The van der Waals surface area contributed by atoms with Gasteiger partial charge in [-0.05, 0) is 17.7 Å². The number of carbonyl (C=O) groups excluding carboxylic acids is 1. The van der Waals surface area contributed by atoms with Crippen LogP contribution in [0.4, 0.5) is 13.2 Å². The Kier molecular flexibility index (Phi) is 2.78. The van der Waals surface area contributed by atoms with Gasteiger partial charge in [0.15, 0.2) is 0 Å². The van der Waals surface area contributed by atoms with E-state index in [0.29, 0.717) is 18.6 Å². The highest BCUT2D eigenvalue weighted by Crippen LogP contribution is 2.51. The molecule has 102 valence electrons. The van der Waals surface area contributed by atoms with Crippen molar-refractivity contribution in [3.8, 4) is 0 Å². The fourth-order valence-electron chi connectivity index (χ4n) is 2.31. The van der Waals surface area contributed by atoms with E-state index >= 15 is 0 Å². The Morgan fingerprint density at radius 1 is 1.32 bits per heavy atom. The monoisotopic (exact) mass is 271 g/mol. The summed E-state index contributed by atoms with van der Waals surface area (Å²) < 4.78 is 38.7. The van der Waals surface area contributed by atoms with Crippen LogP contribution in [0.15, 0.2) is 24.3 Å². The summed E-state index contributed by atoms with van der Waals surface area (Å²) in [7, 11) is 0. The fourth-order valence-corrected chi connectivity index (χ4v) is 2.31. The third-order valence-corrected chi connectivity index (χ3v) is 3.50. The minimum Gasteiger partial charge on any atom is -0.272 e. The Bertz CT molecular complexity index is 503. The van der Waals surface area contributed by atoms with E-state index in [1.165, 1.54) is 12.1 Å². The second-order valence-electron chi connectivity index (χ2n) is 4.87. The minimum absolute atomic E-state index is 0.298. The van der Waals surface area contributed by atoms with Crippen molar-refractivity contribution in [2.75, 3.05) is 6.61 Å². The molecule has 3 nitrogen and oxygen atoms in total. The van der Waals surface area contributed by atoms with Crippen LogP contribution in [0.1, 0.15) is 24.4 Å². The smallest absolute Gasteiger partial charge is 0.260 e. The van der Waals surface area contributed by atoms with E-state index in [1.54, 1.807) is 12.1 Å². The number of alkyl halides is 2. The van der Waals surface area contributed by atoms with Gasteiger partial charge in [0.2, 0.25) is 0 Å². The maximum Gasteiger partial charge on any atom is 0.260 e. The maximum absolute atomic E-state index is 12.9. The van der Waals surface area contributed by atoms with Crippen LogP contribution < -0.4 is 0 Å². The summed E-state index contributed by atoms with van der Waals surface area (Å²) in [5, 5.41) is 1.03. The van der Waals surface area contributed by atoms with Crippen LogP contribution in [-0.2, 0) is 9.63 Å². The molecule has 1 aliphatic carbocycles. The lowest BCUT2D eigenvalue weighted by atomic mass is 10.0. The highest BCUT2D eigenvalue weighted by molar-refractivity contribution is 5.82. The molecular formula is C13H12F3NO2. The highest BCUT2D eigenvalue weighted by atomic mass is 19.3. The molecule has 0 aromatic heterocycles. The molecule has 1 amide bonds. The number of benzene rings is 1. The van der Waals surface area contributed by atoms with E-state index in [0.717, 1.165) is 5.06 Å². The minimum atomic E-state index is -2.91. The normalized spacial score (nSPS) is 28.5. The lowest BCUT2D eigenvalue weighted by Gasteiger charge is -2.22. The lowest BCUT2D eigenvalue weighted by Crippen LogP contribution is -2.32. The van der Waals surface area contributed by atoms with Gasteiger partial charge in [0.25, 0.3) is 11.8 Å². The predicted octanol–water partition coefficient (Wildman–Crippen LogP) is 2.69. The van der Waals surface area contributed by atoms with Gasteiger partial charge in [0.05, 0.1) is 12.6 Å². The molecule has 6 heteroatoms. The van der Waals surface area contributed by atoms with Gasteiger partial charge in [-0.25, -0.2) is 18.2 Å². The van der Waals surface area contributed by atoms with Crippen molar-refractivity contribution < 1.29 is 22.8 Å². The number of hydrogen-bond donors (Lipinski definition) is 0. The summed E-state index contributed by atoms with van der Waals surface area (Å²) in [6.45, 7) is 0.298. The van der Waals surface area contributed by atoms with Crippen molar-refractivity contribution in [3.05, 3.63) is 35.6 Å². The van der Waals surface area contributed by atoms with E-state index in [4.69, 9.17) is 4.84 Å². The fraction of sp³-hybridized carbons (Fsp3) is 0.462. The van der Waals surface area contributed by atoms with Crippen molar-refractivity contribution in [1.29, 1.82) is 0 Å². The zero-order chi connectivity index (χ0) is 13.6. The predicted molar refractivity (Wildman–Crippen MR) is 59.6 cm³/mol. The Balaban J connectivity index is 1.78. The van der Waals surface area contributed by atoms with Crippen LogP contribution in [0.25, 0.3) is 0 Å². The molecule has 1 heterocycles. The number of hydroxylamine groups is 2. The van der Waals surface area contributed by atoms with Gasteiger partial charge in [-0.3, -0.25) is 9.63 Å². The van der Waals surface area contributed by atoms with Crippen molar-refractivity contribution in [2.45, 2.75) is 24.8 Å². The molecule has 1 aromatic rings. The van der Waals surface area contributed by atoms with E-state index in [-0.39, 0.29) is 5.82 Å². The molecule has 1 aromatic carbocycles. The summed E-state index contributed by atoms with van der Waals surface area (Å²) in [6.07, 6.45) is 0.109. The van der Waals surface area contributed by atoms with E-state index in [1.807, 2.05) is 0 Å². The molecule has 0 bridgehead atoms. The summed E-state index contributed by atoms with van der Waals surface area (Å²) in [4.78, 5) is 17.1. The molecule has 2 atom stereocenters. The average Bonchev–Trinajstić information content (AvgIpc) is 2.81. The first-order chi connectivity index (χ1) is 8.99. The van der Waals surface area contributed by atoms with E-state index in [9.17, 15) is 18.0 Å². The Morgan fingerprint density at radius 2 is 1.95 bits per heavy atom. The molecule has 19 heavy (non-hydrogen) atoms. The van der Waals surface area contributed by atoms with Crippen LogP contribution >= 0.6 is 0 Å². The first kappa shape index (κ1) is 12.5. The number of rotatable bonds is 2. The molecule has 0 unspecified atom stereocenters. The van der Waals surface area contributed by atoms with E-state index < -0.39 is 30.2 Å². The molecule has 1 saturated carbocycles. The zero-order valence-electron chi connectivity index (χ0n) is 9.98. The second-order valence-corrected chi connectivity index (χ2v) is 4.87. The van der Waals surface area contributed by atoms with Crippen LogP contribution in [0.3, 0.4) is 0 Å². The zero-order valence-corrected chi connectivity index (χ0v) is 9.98. The van der Waals surface area contributed by atoms with Gasteiger partial charge in [-0.1, -0.05) is 12.1 Å². The summed E-state index contributed by atoms with van der Waals surface area (Å²) >= 11 is 0. The number of carbonyl (C=O) groups is 1. The third kappa shape index (κ3) is 2.20.